The zero-order chi connectivity index (χ0) is 15.4. The number of carbonyl (C=O) groups excluding carboxylic acids is 2. The summed E-state index contributed by atoms with van der Waals surface area (Å²) in [4.78, 5) is 30.2. The molecule has 6 heteroatoms. The summed E-state index contributed by atoms with van der Waals surface area (Å²) in [5.74, 6) is 0.551. The number of ether oxygens (including phenoxy) is 1. The molecule has 0 saturated carbocycles. The van der Waals surface area contributed by atoms with Crippen molar-refractivity contribution < 1.29 is 14.3 Å². The Hall–Kier alpha value is -1.14. The number of hydrogen-bond donors (Lipinski definition) is 0. The van der Waals surface area contributed by atoms with Crippen molar-refractivity contribution in [3.63, 3.8) is 0 Å². The van der Waals surface area contributed by atoms with Gasteiger partial charge in [0, 0.05) is 32.2 Å². The summed E-state index contributed by atoms with van der Waals surface area (Å²) in [6.45, 7) is 8.28. The number of nitrogens with zero attached hydrogens (tertiary/aromatic N) is 3. The van der Waals surface area contributed by atoms with Crippen LogP contribution in [0.25, 0.3) is 0 Å². The first-order valence-electron chi connectivity index (χ1n) is 7.81. The number of amides is 2. The van der Waals surface area contributed by atoms with Crippen LogP contribution in [0.15, 0.2) is 0 Å². The molecule has 21 heavy (non-hydrogen) atoms. The van der Waals surface area contributed by atoms with Crippen LogP contribution in [0.2, 0.25) is 0 Å². The third-order valence-corrected chi connectivity index (χ3v) is 4.16. The average molecular weight is 297 g/mol. The summed E-state index contributed by atoms with van der Waals surface area (Å²) in [6, 6.07) is 0.257. The topological polar surface area (TPSA) is 53.1 Å². The highest BCUT2D eigenvalue weighted by atomic mass is 16.5. The lowest BCUT2D eigenvalue weighted by Crippen LogP contribution is -2.57. The van der Waals surface area contributed by atoms with Gasteiger partial charge in [0.25, 0.3) is 0 Å². The SMILES string of the molecule is CC(C)C[C@H]1CN(C)CCN1C(=O)CN1CCOCC1=O. The second kappa shape index (κ2) is 7.22. The van der Waals surface area contributed by atoms with E-state index >= 15 is 0 Å². The Morgan fingerprint density at radius 2 is 2.10 bits per heavy atom. The lowest BCUT2D eigenvalue weighted by atomic mass is 10.00. The van der Waals surface area contributed by atoms with Gasteiger partial charge in [-0.05, 0) is 19.4 Å². The zero-order valence-electron chi connectivity index (χ0n) is 13.4. The van der Waals surface area contributed by atoms with Gasteiger partial charge in [0.15, 0.2) is 0 Å². The molecule has 0 unspecified atom stereocenters. The monoisotopic (exact) mass is 297 g/mol. The van der Waals surface area contributed by atoms with Crippen LogP contribution in [0.3, 0.4) is 0 Å². The number of likely N-dealkylation sites (N-methyl/N-ethyl adjacent to an activating group) is 1. The Morgan fingerprint density at radius 3 is 2.76 bits per heavy atom. The van der Waals surface area contributed by atoms with Crippen molar-refractivity contribution >= 4 is 11.8 Å². The number of hydrogen-bond acceptors (Lipinski definition) is 4. The highest BCUT2D eigenvalue weighted by molar-refractivity contribution is 5.86. The Balaban J connectivity index is 1.96. The van der Waals surface area contributed by atoms with Gasteiger partial charge in [-0.1, -0.05) is 13.8 Å². The molecule has 2 aliphatic heterocycles. The van der Waals surface area contributed by atoms with E-state index in [1.165, 1.54) is 0 Å². The maximum atomic E-state index is 12.6. The molecule has 0 N–H and O–H groups in total. The minimum atomic E-state index is -0.0795. The standard InChI is InChI=1S/C15H27N3O3/c1-12(2)8-13-9-16(3)4-5-18(13)14(19)10-17-6-7-21-11-15(17)20/h12-13H,4-11H2,1-3H3/t13-/m0/s1. The molecule has 120 valence electrons. The highest BCUT2D eigenvalue weighted by Crippen LogP contribution is 2.17. The minimum absolute atomic E-state index is 0.0731. The predicted octanol–water partition coefficient (Wildman–Crippen LogP) is 0.0339. The van der Waals surface area contributed by atoms with Gasteiger partial charge in [0.1, 0.15) is 6.61 Å². The van der Waals surface area contributed by atoms with Crippen LogP contribution in [-0.4, -0.2) is 85.5 Å². The largest absolute Gasteiger partial charge is 0.370 e. The third kappa shape index (κ3) is 4.41. The van der Waals surface area contributed by atoms with Crippen LogP contribution in [0.1, 0.15) is 20.3 Å². The predicted molar refractivity (Wildman–Crippen MR) is 79.9 cm³/mol. The molecule has 0 spiro atoms. The fourth-order valence-corrected chi connectivity index (χ4v) is 3.06. The van der Waals surface area contributed by atoms with Crippen molar-refractivity contribution in [2.24, 2.45) is 5.92 Å². The summed E-state index contributed by atoms with van der Waals surface area (Å²) in [7, 11) is 2.10. The fraction of sp³-hybridized carbons (Fsp3) is 0.867. The Morgan fingerprint density at radius 1 is 1.33 bits per heavy atom. The third-order valence-electron chi connectivity index (χ3n) is 4.16. The first-order valence-corrected chi connectivity index (χ1v) is 7.81. The first kappa shape index (κ1) is 16.2. The normalized spacial score (nSPS) is 24.8. The minimum Gasteiger partial charge on any atom is -0.370 e. The van der Waals surface area contributed by atoms with Crippen LogP contribution >= 0.6 is 0 Å². The fourth-order valence-electron chi connectivity index (χ4n) is 3.06. The van der Waals surface area contributed by atoms with Gasteiger partial charge in [0.05, 0.1) is 13.2 Å². The van der Waals surface area contributed by atoms with E-state index in [4.69, 9.17) is 4.74 Å². The summed E-state index contributed by atoms with van der Waals surface area (Å²) < 4.78 is 5.10. The molecule has 0 bridgehead atoms. The number of piperazine rings is 1. The Labute approximate surface area is 127 Å². The molecule has 1 atom stereocenters. The van der Waals surface area contributed by atoms with Gasteiger partial charge >= 0.3 is 0 Å². The van der Waals surface area contributed by atoms with Crippen molar-refractivity contribution in [2.75, 3.05) is 53.0 Å². The summed E-state index contributed by atoms with van der Waals surface area (Å²) in [5, 5.41) is 0. The molecule has 2 heterocycles. The second-order valence-electron chi connectivity index (χ2n) is 6.50. The van der Waals surface area contributed by atoms with Crippen molar-refractivity contribution in [2.45, 2.75) is 26.3 Å². The van der Waals surface area contributed by atoms with Gasteiger partial charge in [-0.25, -0.2) is 0 Å². The zero-order valence-corrected chi connectivity index (χ0v) is 13.4. The summed E-state index contributed by atoms with van der Waals surface area (Å²) in [6.07, 6.45) is 1.01. The van der Waals surface area contributed by atoms with E-state index in [0.29, 0.717) is 19.1 Å². The van der Waals surface area contributed by atoms with E-state index in [0.717, 1.165) is 26.1 Å². The van der Waals surface area contributed by atoms with Crippen molar-refractivity contribution in [1.29, 1.82) is 0 Å². The lowest BCUT2D eigenvalue weighted by molar-refractivity contribution is -0.150. The molecule has 6 nitrogen and oxygen atoms in total. The molecule has 0 aromatic rings. The molecule has 2 aliphatic rings. The average Bonchev–Trinajstić information content (AvgIpc) is 2.40. The first-order chi connectivity index (χ1) is 9.97. The van der Waals surface area contributed by atoms with Crippen molar-refractivity contribution in [3.8, 4) is 0 Å². The maximum absolute atomic E-state index is 12.6. The van der Waals surface area contributed by atoms with Gasteiger partial charge in [-0.3, -0.25) is 9.59 Å². The van der Waals surface area contributed by atoms with E-state index in [-0.39, 0.29) is 31.0 Å². The number of rotatable bonds is 4. The molecular formula is C15H27N3O3. The molecule has 0 aliphatic carbocycles. The molecule has 0 aromatic heterocycles. The van der Waals surface area contributed by atoms with Gasteiger partial charge in [0.2, 0.25) is 11.8 Å². The molecule has 2 rings (SSSR count). The summed E-state index contributed by atoms with van der Waals surface area (Å²) in [5.41, 5.74) is 0. The van der Waals surface area contributed by atoms with Gasteiger partial charge in [-0.2, -0.15) is 0 Å². The van der Waals surface area contributed by atoms with E-state index in [2.05, 4.69) is 25.8 Å². The quantitative estimate of drug-likeness (QED) is 0.735. The number of morpholine rings is 1. The smallest absolute Gasteiger partial charge is 0.249 e. The van der Waals surface area contributed by atoms with Crippen molar-refractivity contribution in [1.82, 2.24) is 14.7 Å². The van der Waals surface area contributed by atoms with Crippen LogP contribution < -0.4 is 0 Å². The summed E-state index contributed by atoms with van der Waals surface area (Å²) >= 11 is 0. The molecular weight excluding hydrogens is 270 g/mol. The van der Waals surface area contributed by atoms with Crippen molar-refractivity contribution in [3.05, 3.63) is 0 Å². The van der Waals surface area contributed by atoms with E-state index in [1.807, 2.05) is 4.90 Å². The Kier molecular flexibility index (Phi) is 5.58. The Bertz CT molecular complexity index is 384. The van der Waals surface area contributed by atoms with Crippen LogP contribution in [0.5, 0.6) is 0 Å². The maximum Gasteiger partial charge on any atom is 0.249 e. The van der Waals surface area contributed by atoms with Gasteiger partial charge < -0.3 is 19.4 Å². The van der Waals surface area contributed by atoms with E-state index in [1.54, 1.807) is 4.90 Å². The molecule has 0 aromatic carbocycles. The molecule has 0 radical (unpaired) electrons. The van der Waals surface area contributed by atoms with Crippen LogP contribution in [0, 0.1) is 5.92 Å². The van der Waals surface area contributed by atoms with E-state index < -0.39 is 0 Å². The highest BCUT2D eigenvalue weighted by Gasteiger charge is 2.31. The second-order valence-corrected chi connectivity index (χ2v) is 6.50. The molecule has 2 saturated heterocycles. The lowest BCUT2D eigenvalue weighted by Gasteiger charge is -2.41. The van der Waals surface area contributed by atoms with E-state index in [9.17, 15) is 9.59 Å². The van der Waals surface area contributed by atoms with Crippen LogP contribution in [0.4, 0.5) is 0 Å². The van der Waals surface area contributed by atoms with Crippen LogP contribution in [-0.2, 0) is 14.3 Å². The molecule has 2 fully saturated rings. The van der Waals surface area contributed by atoms with Gasteiger partial charge in [-0.15, -0.1) is 0 Å². The number of carbonyl (C=O) groups is 2. The molecule has 2 amide bonds.